The number of aromatic nitrogens is 2. The van der Waals surface area contributed by atoms with E-state index in [0.717, 1.165) is 40.6 Å². The van der Waals surface area contributed by atoms with Gasteiger partial charge in [-0.3, -0.25) is 0 Å². The quantitative estimate of drug-likeness (QED) is 0.402. The van der Waals surface area contributed by atoms with Crippen LogP contribution in [0.1, 0.15) is 16.9 Å². The van der Waals surface area contributed by atoms with Crippen molar-refractivity contribution in [2.75, 3.05) is 18.1 Å². The predicted molar refractivity (Wildman–Crippen MR) is 97.2 cm³/mol. The van der Waals surface area contributed by atoms with Crippen molar-refractivity contribution >= 4 is 39.1 Å². The molecule has 3 aromatic rings. The lowest BCUT2D eigenvalue weighted by Crippen LogP contribution is -2.06. The van der Waals surface area contributed by atoms with Gasteiger partial charge in [0.1, 0.15) is 10.6 Å². The van der Waals surface area contributed by atoms with Gasteiger partial charge in [-0.05, 0) is 37.7 Å². The van der Waals surface area contributed by atoms with Gasteiger partial charge in [0.15, 0.2) is 5.16 Å². The van der Waals surface area contributed by atoms with Crippen molar-refractivity contribution in [1.82, 2.24) is 9.97 Å². The number of hydrogen-bond donors (Lipinski definition) is 1. The van der Waals surface area contributed by atoms with Crippen LogP contribution in [-0.4, -0.2) is 22.8 Å². The molecule has 0 amide bonds. The van der Waals surface area contributed by atoms with E-state index in [-0.39, 0.29) is 0 Å². The standard InChI is InChI=1S/C17H19N3S2/c1-12-11-14-15(19-17(21-2)20-16(14)22-12)18-10-6-9-13-7-4-3-5-8-13/h3-5,7-8,11H,6,9-10H2,1-2H3,(H,18,19,20). The smallest absolute Gasteiger partial charge is 0.190 e. The molecule has 0 atom stereocenters. The van der Waals surface area contributed by atoms with Crippen molar-refractivity contribution in [2.24, 2.45) is 0 Å². The normalized spacial score (nSPS) is 11.0. The molecule has 0 saturated carbocycles. The molecule has 0 fully saturated rings. The predicted octanol–water partition coefficient (Wildman–Crippen LogP) is 4.77. The lowest BCUT2D eigenvalue weighted by molar-refractivity contribution is 0.855. The van der Waals surface area contributed by atoms with Crippen molar-refractivity contribution in [3.63, 3.8) is 0 Å². The minimum atomic E-state index is 0.833. The van der Waals surface area contributed by atoms with Crippen LogP contribution >= 0.6 is 23.1 Å². The molecule has 5 heteroatoms. The van der Waals surface area contributed by atoms with Crippen LogP contribution in [-0.2, 0) is 6.42 Å². The molecule has 3 nitrogen and oxygen atoms in total. The van der Waals surface area contributed by atoms with Gasteiger partial charge >= 0.3 is 0 Å². The summed E-state index contributed by atoms with van der Waals surface area (Å²) in [6.07, 6.45) is 4.19. The number of fused-ring (bicyclic) bond motifs is 1. The Labute approximate surface area is 139 Å². The monoisotopic (exact) mass is 329 g/mol. The van der Waals surface area contributed by atoms with E-state index in [2.05, 4.69) is 58.6 Å². The van der Waals surface area contributed by atoms with Crippen molar-refractivity contribution in [3.05, 3.63) is 46.8 Å². The highest BCUT2D eigenvalue weighted by molar-refractivity contribution is 7.98. The van der Waals surface area contributed by atoms with Gasteiger partial charge in [-0.15, -0.1) is 11.3 Å². The van der Waals surface area contributed by atoms with E-state index in [9.17, 15) is 0 Å². The number of rotatable bonds is 6. The molecule has 1 N–H and O–H groups in total. The molecule has 0 spiro atoms. The number of aryl methyl sites for hydroxylation is 2. The van der Waals surface area contributed by atoms with Crippen molar-refractivity contribution in [2.45, 2.75) is 24.9 Å². The Morgan fingerprint density at radius 2 is 2.00 bits per heavy atom. The molecule has 114 valence electrons. The maximum absolute atomic E-state index is 4.62. The molecule has 3 rings (SSSR count). The van der Waals surface area contributed by atoms with Crippen molar-refractivity contribution < 1.29 is 0 Å². The van der Waals surface area contributed by atoms with E-state index in [0.29, 0.717) is 0 Å². The average molecular weight is 329 g/mol. The molecule has 22 heavy (non-hydrogen) atoms. The largest absolute Gasteiger partial charge is 0.369 e. The summed E-state index contributed by atoms with van der Waals surface area (Å²) in [7, 11) is 0. The van der Waals surface area contributed by atoms with Gasteiger partial charge in [-0.25, -0.2) is 9.97 Å². The second-order valence-corrected chi connectivity index (χ2v) is 7.16. The summed E-state index contributed by atoms with van der Waals surface area (Å²) in [5, 5.41) is 5.46. The maximum atomic E-state index is 4.62. The van der Waals surface area contributed by atoms with Gasteiger partial charge in [-0.1, -0.05) is 42.1 Å². The van der Waals surface area contributed by atoms with E-state index in [1.54, 1.807) is 23.1 Å². The fraction of sp³-hybridized carbons (Fsp3) is 0.294. The highest BCUT2D eigenvalue weighted by Gasteiger charge is 2.09. The molecule has 0 aliphatic heterocycles. The van der Waals surface area contributed by atoms with Gasteiger partial charge in [0.2, 0.25) is 0 Å². The Morgan fingerprint density at radius 1 is 1.18 bits per heavy atom. The number of anilines is 1. The van der Waals surface area contributed by atoms with Crippen LogP contribution in [0.3, 0.4) is 0 Å². The second kappa shape index (κ2) is 7.11. The van der Waals surface area contributed by atoms with Gasteiger partial charge in [-0.2, -0.15) is 0 Å². The summed E-state index contributed by atoms with van der Waals surface area (Å²) in [4.78, 5) is 11.6. The van der Waals surface area contributed by atoms with E-state index < -0.39 is 0 Å². The van der Waals surface area contributed by atoms with Crippen LogP contribution in [0.5, 0.6) is 0 Å². The number of nitrogens with one attached hydrogen (secondary N) is 1. The van der Waals surface area contributed by atoms with Gasteiger partial charge < -0.3 is 5.32 Å². The number of thiophene rings is 1. The van der Waals surface area contributed by atoms with E-state index in [1.807, 2.05) is 6.26 Å². The average Bonchev–Trinajstić information content (AvgIpc) is 2.92. The van der Waals surface area contributed by atoms with Crippen LogP contribution in [0, 0.1) is 6.92 Å². The van der Waals surface area contributed by atoms with Gasteiger partial charge in [0.05, 0.1) is 5.39 Å². The molecule has 0 radical (unpaired) electrons. The lowest BCUT2D eigenvalue weighted by atomic mass is 10.1. The topological polar surface area (TPSA) is 37.8 Å². The first kappa shape index (κ1) is 15.3. The van der Waals surface area contributed by atoms with E-state index in [1.165, 1.54) is 10.4 Å². The minimum absolute atomic E-state index is 0.833. The highest BCUT2D eigenvalue weighted by atomic mass is 32.2. The minimum Gasteiger partial charge on any atom is -0.369 e. The van der Waals surface area contributed by atoms with Crippen LogP contribution in [0.4, 0.5) is 5.82 Å². The molecule has 2 heterocycles. The fourth-order valence-corrected chi connectivity index (χ4v) is 3.69. The molecular formula is C17H19N3S2. The number of hydrogen-bond acceptors (Lipinski definition) is 5. The zero-order chi connectivity index (χ0) is 15.4. The Hall–Kier alpha value is -1.59. The second-order valence-electron chi connectivity index (χ2n) is 5.15. The number of benzene rings is 1. The van der Waals surface area contributed by atoms with Crippen LogP contribution < -0.4 is 5.32 Å². The van der Waals surface area contributed by atoms with Crippen molar-refractivity contribution in [1.29, 1.82) is 0 Å². The summed E-state index contributed by atoms with van der Waals surface area (Å²) in [5.41, 5.74) is 1.38. The molecule has 0 unspecified atom stereocenters. The molecule has 1 aromatic carbocycles. The summed E-state index contributed by atoms with van der Waals surface area (Å²) >= 11 is 3.32. The summed E-state index contributed by atoms with van der Waals surface area (Å²) in [6.45, 7) is 3.04. The molecular weight excluding hydrogens is 310 g/mol. The van der Waals surface area contributed by atoms with Gasteiger partial charge in [0, 0.05) is 11.4 Å². The highest BCUT2D eigenvalue weighted by Crippen LogP contribution is 2.30. The number of nitrogens with zero attached hydrogens (tertiary/aromatic N) is 2. The number of thioether (sulfide) groups is 1. The Kier molecular flexibility index (Phi) is 4.95. The van der Waals surface area contributed by atoms with Gasteiger partial charge in [0.25, 0.3) is 0 Å². The van der Waals surface area contributed by atoms with Crippen molar-refractivity contribution in [3.8, 4) is 0 Å². The maximum Gasteiger partial charge on any atom is 0.190 e. The molecule has 2 aromatic heterocycles. The molecule has 0 aliphatic carbocycles. The van der Waals surface area contributed by atoms with Crippen LogP contribution in [0.2, 0.25) is 0 Å². The fourth-order valence-electron chi connectivity index (χ4n) is 2.39. The van der Waals surface area contributed by atoms with Crippen LogP contribution in [0.15, 0.2) is 41.6 Å². The molecule has 0 saturated heterocycles. The van der Waals surface area contributed by atoms with E-state index >= 15 is 0 Å². The van der Waals surface area contributed by atoms with E-state index in [4.69, 9.17) is 0 Å². The summed E-state index contributed by atoms with van der Waals surface area (Å²) in [5.74, 6) is 0.965. The third kappa shape index (κ3) is 3.59. The lowest BCUT2D eigenvalue weighted by Gasteiger charge is -2.08. The zero-order valence-corrected chi connectivity index (χ0v) is 14.4. The molecule has 0 aliphatic rings. The third-order valence-electron chi connectivity index (χ3n) is 3.46. The first-order chi connectivity index (χ1) is 10.8. The zero-order valence-electron chi connectivity index (χ0n) is 12.8. The third-order valence-corrected chi connectivity index (χ3v) is 4.95. The first-order valence-corrected chi connectivity index (χ1v) is 9.40. The SMILES string of the molecule is CSc1nc(NCCCc2ccccc2)c2cc(C)sc2n1. The van der Waals surface area contributed by atoms with Crippen LogP contribution in [0.25, 0.3) is 10.2 Å². The Bertz CT molecular complexity index is 753. The first-order valence-electron chi connectivity index (χ1n) is 7.36. The molecule has 0 bridgehead atoms. The Balaban J connectivity index is 1.68. The Morgan fingerprint density at radius 3 is 2.77 bits per heavy atom. The summed E-state index contributed by atoms with van der Waals surface area (Å²) in [6, 6.07) is 12.8. The summed E-state index contributed by atoms with van der Waals surface area (Å²) < 4.78 is 0.